The van der Waals surface area contributed by atoms with Crippen LogP contribution in [0, 0.1) is 5.41 Å². The summed E-state index contributed by atoms with van der Waals surface area (Å²) >= 11 is 0. The van der Waals surface area contributed by atoms with E-state index in [0.717, 1.165) is 0 Å². The van der Waals surface area contributed by atoms with E-state index in [9.17, 15) is 0 Å². The summed E-state index contributed by atoms with van der Waals surface area (Å²) in [7, 11) is 0. The molecule has 1 atom stereocenters. The Labute approximate surface area is 140 Å². The smallest absolute Gasteiger partial charge is 0.0612 e. The third-order valence-corrected chi connectivity index (χ3v) is 4.52. The zero-order chi connectivity index (χ0) is 16.7. The summed E-state index contributed by atoms with van der Waals surface area (Å²) in [6.07, 6.45) is 2.45. The minimum Gasteiger partial charge on any atom is -0.0789 e. The molecule has 118 valence electrons. The van der Waals surface area contributed by atoms with Crippen LogP contribution >= 0.6 is 0 Å². The molecule has 0 amide bonds. The molecule has 0 saturated heterocycles. The molecule has 0 N–H and O–H groups in total. The van der Waals surface area contributed by atoms with Crippen LogP contribution in [0.4, 0.5) is 0 Å². The Kier molecular flexibility index (Phi) is 3.80. The van der Waals surface area contributed by atoms with Crippen LogP contribution in [-0.4, -0.2) is 0 Å². The Morgan fingerprint density at radius 2 is 1.35 bits per heavy atom. The van der Waals surface area contributed by atoms with Crippen molar-refractivity contribution in [3.63, 3.8) is 0 Å². The fourth-order valence-corrected chi connectivity index (χ4v) is 3.89. The summed E-state index contributed by atoms with van der Waals surface area (Å²) in [6, 6.07) is 21.8. The summed E-state index contributed by atoms with van der Waals surface area (Å²) in [5.74, 6) is 0. The minimum absolute atomic E-state index is 0.0420. The summed E-state index contributed by atoms with van der Waals surface area (Å²) in [5, 5.41) is 0. The number of hydrogen-bond donors (Lipinski definition) is 0. The minimum atomic E-state index is -0.0420. The van der Waals surface area contributed by atoms with Gasteiger partial charge in [0.25, 0.3) is 0 Å². The molecule has 0 saturated carbocycles. The van der Waals surface area contributed by atoms with Gasteiger partial charge in [0.1, 0.15) is 0 Å². The van der Waals surface area contributed by atoms with E-state index in [1.165, 1.54) is 22.3 Å². The highest BCUT2D eigenvalue weighted by Gasteiger charge is 2.56. The Hall–Kier alpha value is -2.08. The van der Waals surface area contributed by atoms with E-state index in [-0.39, 0.29) is 10.8 Å². The Bertz CT molecular complexity index is 751. The topological polar surface area (TPSA) is 0 Å². The first-order valence-electron chi connectivity index (χ1n) is 8.40. The van der Waals surface area contributed by atoms with Gasteiger partial charge in [-0.05, 0) is 41.5 Å². The second kappa shape index (κ2) is 5.53. The quantitative estimate of drug-likeness (QED) is 0.575. The van der Waals surface area contributed by atoms with Gasteiger partial charge in [-0.3, -0.25) is 0 Å². The maximum Gasteiger partial charge on any atom is 0.0612 e. The van der Waals surface area contributed by atoms with Crippen molar-refractivity contribution < 1.29 is 0 Å². The molecule has 3 rings (SSSR count). The third kappa shape index (κ3) is 2.67. The van der Waals surface area contributed by atoms with E-state index in [2.05, 4.69) is 101 Å². The highest BCUT2D eigenvalue weighted by atomic mass is 14.6. The van der Waals surface area contributed by atoms with E-state index in [1.807, 2.05) is 0 Å². The molecular formula is C23H26. The van der Waals surface area contributed by atoms with Crippen molar-refractivity contribution in [2.75, 3.05) is 0 Å². The predicted octanol–water partition coefficient (Wildman–Crippen LogP) is 6.40. The van der Waals surface area contributed by atoms with Crippen molar-refractivity contribution in [2.45, 2.75) is 40.0 Å². The number of rotatable bonds is 3. The van der Waals surface area contributed by atoms with E-state index in [0.29, 0.717) is 0 Å². The number of allylic oxidation sites excluding steroid dienone is 4. The summed E-state index contributed by atoms with van der Waals surface area (Å²) in [4.78, 5) is 0. The molecule has 23 heavy (non-hydrogen) atoms. The lowest BCUT2D eigenvalue weighted by Crippen LogP contribution is -2.17. The van der Waals surface area contributed by atoms with Crippen LogP contribution in [0.3, 0.4) is 0 Å². The molecule has 1 unspecified atom stereocenters. The van der Waals surface area contributed by atoms with Gasteiger partial charge in [-0.2, -0.15) is 0 Å². The van der Waals surface area contributed by atoms with Crippen LogP contribution in [-0.2, 0) is 5.41 Å². The SMILES string of the molecule is CC(C)=CC1(c2ccccc2)C(c2ccccc2)=C1C(C)(C)C. The lowest BCUT2D eigenvalue weighted by molar-refractivity contribution is 0.497. The second-order valence-corrected chi connectivity index (χ2v) is 7.76. The fraction of sp³-hybridized carbons (Fsp3) is 0.304. The maximum absolute atomic E-state index is 2.45. The van der Waals surface area contributed by atoms with Gasteiger partial charge >= 0.3 is 0 Å². The summed E-state index contributed by atoms with van der Waals surface area (Å²) in [6.45, 7) is 11.4. The van der Waals surface area contributed by atoms with Crippen molar-refractivity contribution in [2.24, 2.45) is 5.41 Å². The summed E-state index contributed by atoms with van der Waals surface area (Å²) < 4.78 is 0. The van der Waals surface area contributed by atoms with Gasteiger partial charge in [0.05, 0.1) is 5.41 Å². The maximum atomic E-state index is 2.45. The van der Waals surface area contributed by atoms with Crippen molar-refractivity contribution in [3.05, 3.63) is 89.0 Å². The molecule has 0 spiro atoms. The van der Waals surface area contributed by atoms with Crippen molar-refractivity contribution in [3.8, 4) is 0 Å². The van der Waals surface area contributed by atoms with Crippen LogP contribution in [0.15, 0.2) is 77.9 Å². The van der Waals surface area contributed by atoms with Gasteiger partial charge in [0.15, 0.2) is 0 Å². The number of benzene rings is 2. The molecule has 0 aliphatic heterocycles. The average molecular weight is 302 g/mol. The first-order chi connectivity index (χ1) is 10.9. The van der Waals surface area contributed by atoms with Crippen LogP contribution in [0.5, 0.6) is 0 Å². The molecule has 1 aliphatic carbocycles. The molecule has 0 fully saturated rings. The van der Waals surface area contributed by atoms with Gasteiger partial charge < -0.3 is 0 Å². The Morgan fingerprint density at radius 1 is 0.826 bits per heavy atom. The van der Waals surface area contributed by atoms with Crippen LogP contribution in [0.2, 0.25) is 0 Å². The predicted molar refractivity (Wildman–Crippen MR) is 100 cm³/mol. The molecular weight excluding hydrogens is 276 g/mol. The monoisotopic (exact) mass is 302 g/mol. The molecule has 2 aromatic rings. The van der Waals surface area contributed by atoms with E-state index >= 15 is 0 Å². The highest BCUT2D eigenvalue weighted by Crippen LogP contribution is 2.66. The normalized spacial score (nSPS) is 20.4. The number of hydrogen-bond acceptors (Lipinski definition) is 0. The zero-order valence-electron chi connectivity index (χ0n) is 14.9. The van der Waals surface area contributed by atoms with E-state index in [4.69, 9.17) is 0 Å². The molecule has 0 bridgehead atoms. The van der Waals surface area contributed by atoms with Gasteiger partial charge in [-0.15, -0.1) is 0 Å². The van der Waals surface area contributed by atoms with Gasteiger partial charge in [0, 0.05) is 0 Å². The largest absolute Gasteiger partial charge is 0.0789 e. The Balaban J connectivity index is 2.24. The van der Waals surface area contributed by atoms with E-state index in [1.54, 1.807) is 5.57 Å². The molecule has 1 aliphatic rings. The lowest BCUT2D eigenvalue weighted by atomic mass is 9.78. The lowest BCUT2D eigenvalue weighted by Gasteiger charge is -2.24. The molecule has 0 aromatic heterocycles. The first-order valence-corrected chi connectivity index (χ1v) is 8.40. The fourth-order valence-electron chi connectivity index (χ4n) is 3.89. The van der Waals surface area contributed by atoms with Crippen molar-refractivity contribution in [1.29, 1.82) is 0 Å². The van der Waals surface area contributed by atoms with Gasteiger partial charge in [-0.25, -0.2) is 0 Å². The Morgan fingerprint density at radius 3 is 1.83 bits per heavy atom. The second-order valence-electron chi connectivity index (χ2n) is 7.76. The molecule has 2 aromatic carbocycles. The summed E-state index contributed by atoms with van der Waals surface area (Å²) in [5.41, 5.74) is 7.22. The van der Waals surface area contributed by atoms with Crippen molar-refractivity contribution >= 4 is 5.57 Å². The van der Waals surface area contributed by atoms with Gasteiger partial charge in [-0.1, -0.05) is 93.1 Å². The standard InChI is InChI=1S/C23H26/c1-17(2)16-23(19-14-10-7-11-15-19)20(21(23)22(3,4)5)18-12-8-6-9-13-18/h6-16H,1-5H3. The van der Waals surface area contributed by atoms with Crippen LogP contribution in [0.25, 0.3) is 5.57 Å². The first kappa shape index (κ1) is 15.8. The van der Waals surface area contributed by atoms with Crippen LogP contribution in [0.1, 0.15) is 45.7 Å². The van der Waals surface area contributed by atoms with Gasteiger partial charge in [0.2, 0.25) is 0 Å². The molecule has 0 heteroatoms. The molecule has 0 nitrogen and oxygen atoms in total. The van der Waals surface area contributed by atoms with Crippen molar-refractivity contribution in [1.82, 2.24) is 0 Å². The van der Waals surface area contributed by atoms with E-state index < -0.39 is 0 Å². The molecule has 0 heterocycles. The third-order valence-electron chi connectivity index (χ3n) is 4.52. The molecule has 0 radical (unpaired) electrons. The highest BCUT2D eigenvalue weighted by molar-refractivity contribution is 5.99. The average Bonchev–Trinajstić information content (AvgIpc) is 3.18. The van der Waals surface area contributed by atoms with Crippen LogP contribution < -0.4 is 0 Å². The zero-order valence-corrected chi connectivity index (χ0v) is 14.9.